The van der Waals surface area contributed by atoms with Crippen molar-refractivity contribution in [2.45, 2.75) is 17.9 Å². The summed E-state index contributed by atoms with van der Waals surface area (Å²) in [4.78, 5) is 30.4. The van der Waals surface area contributed by atoms with E-state index in [9.17, 15) is 9.59 Å². The maximum absolute atomic E-state index is 12.7. The van der Waals surface area contributed by atoms with Crippen molar-refractivity contribution < 1.29 is 14.3 Å². The number of ether oxygens (including phenoxy) is 2. The number of fused-ring (bicyclic) bond motifs is 1. The zero-order valence-corrected chi connectivity index (χ0v) is 16.7. The quantitative estimate of drug-likeness (QED) is 0.615. The van der Waals surface area contributed by atoms with E-state index >= 15 is 0 Å². The van der Waals surface area contributed by atoms with E-state index in [0.717, 1.165) is 10.6 Å². The molecule has 3 rings (SSSR count). The summed E-state index contributed by atoms with van der Waals surface area (Å²) in [6.07, 6.45) is 3.58. The first kappa shape index (κ1) is 19.8. The standard InChI is InChI=1S/C20H21N3O4S/c1-26-17-10-15-16(11-18(17)27-2)21-12-23(20(15)25)8-7-19(24)22-13-5-4-6-14(9-13)28-3/h4-6,9-12H,7-8H2,1-3H3,(H,22,24). The van der Waals surface area contributed by atoms with Gasteiger partial charge in [-0.25, -0.2) is 4.98 Å². The zero-order chi connectivity index (χ0) is 20.1. The van der Waals surface area contributed by atoms with E-state index in [2.05, 4.69) is 10.3 Å². The summed E-state index contributed by atoms with van der Waals surface area (Å²) in [5.74, 6) is 0.794. The van der Waals surface area contributed by atoms with Crippen LogP contribution in [0.1, 0.15) is 6.42 Å². The fourth-order valence-corrected chi connectivity index (χ4v) is 3.25. The largest absolute Gasteiger partial charge is 0.493 e. The first-order valence-corrected chi connectivity index (χ1v) is 9.83. The molecule has 3 aromatic rings. The van der Waals surface area contributed by atoms with Gasteiger partial charge in [0.15, 0.2) is 11.5 Å². The van der Waals surface area contributed by atoms with Crippen LogP contribution in [0, 0.1) is 0 Å². The monoisotopic (exact) mass is 399 g/mol. The van der Waals surface area contributed by atoms with E-state index in [1.807, 2.05) is 30.5 Å². The molecule has 28 heavy (non-hydrogen) atoms. The van der Waals surface area contributed by atoms with Gasteiger partial charge in [0.1, 0.15) is 0 Å². The Morgan fingerprint density at radius 2 is 1.93 bits per heavy atom. The second kappa shape index (κ2) is 8.79. The van der Waals surface area contributed by atoms with Crippen LogP contribution in [0.3, 0.4) is 0 Å². The summed E-state index contributed by atoms with van der Waals surface area (Å²) in [5.41, 5.74) is 1.01. The van der Waals surface area contributed by atoms with Crippen LogP contribution in [0.5, 0.6) is 11.5 Å². The second-order valence-corrected chi connectivity index (χ2v) is 6.88. The van der Waals surface area contributed by atoms with Crippen molar-refractivity contribution in [1.29, 1.82) is 0 Å². The molecule has 8 heteroatoms. The van der Waals surface area contributed by atoms with Gasteiger partial charge in [0.2, 0.25) is 5.91 Å². The summed E-state index contributed by atoms with van der Waals surface area (Å²) in [6, 6.07) is 10.9. The van der Waals surface area contributed by atoms with Gasteiger partial charge in [0, 0.05) is 29.6 Å². The first-order chi connectivity index (χ1) is 13.5. The van der Waals surface area contributed by atoms with Gasteiger partial charge in [-0.2, -0.15) is 0 Å². The van der Waals surface area contributed by atoms with Crippen LogP contribution in [-0.4, -0.2) is 35.9 Å². The molecular formula is C20H21N3O4S. The number of aromatic nitrogens is 2. The molecule has 1 heterocycles. The van der Waals surface area contributed by atoms with Crippen molar-refractivity contribution in [3.8, 4) is 11.5 Å². The molecule has 1 N–H and O–H groups in total. The van der Waals surface area contributed by atoms with Crippen molar-refractivity contribution in [2.24, 2.45) is 0 Å². The van der Waals surface area contributed by atoms with Crippen LogP contribution < -0.4 is 20.3 Å². The lowest BCUT2D eigenvalue weighted by molar-refractivity contribution is -0.116. The lowest BCUT2D eigenvalue weighted by Crippen LogP contribution is -2.23. The molecule has 0 atom stereocenters. The molecule has 0 aliphatic carbocycles. The van der Waals surface area contributed by atoms with E-state index in [1.165, 1.54) is 25.1 Å². The number of benzene rings is 2. The molecular weight excluding hydrogens is 378 g/mol. The molecule has 0 saturated carbocycles. The average molecular weight is 399 g/mol. The van der Waals surface area contributed by atoms with Crippen LogP contribution in [0.2, 0.25) is 0 Å². The number of nitrogens with one attached hydrogen (secondary N) is 1. The fraction of sp³-hybridized carbons (Fsp3) is 0.250. The van der Waals surface area contributed by atoms with Crippen LogP contribution in [0.15, 0.2) is 52.4 Å². The number of carbonyl (C=O) groups excluding carboxylic acids is 1. The number of thioether (sulfide) groups is 1. The lowest BCUT2D eigenvalue weighted by atomic mass is 10.2. The summed E-state index contributed by atoms with van der Waals surface area (Å²) < 4.78 is 11.9. The number of hydrogen-bond donors (Lipinski definition) is 1. The smallest absolute Gasteiger partial charge is 0.261 e. The number of amides is 1. The maximum Gasteiger partial charge on any atom is 0.261 e. The third-order valence-electron chi connectivity index (χ3n) is 4.26. The molecule has 146 valence electrons. The second-order valence-electron chi connectivity index (χ2n) is 6.00. The van der Waals surface area contributed by atoms with Crippen LogP contribution in [0.4, 0.5) is 5.69 Å². The Kier molecular flexibility index (Phi) is 6.20. The average Bonchev–Trinajstić information content (AvgIpc) is 2.72. The molecule has 1 aromatic heterocycles. The number of rotatable bonds is 7. The molecule has 0 unspecified atom stereocenters. The van der Waals surface area contributed by atoms with Crippen LogP contribution >= 0.6 is 11.8 Å². The Morgan fingerprint density at radius 3 is 2.64 bits per heavy atom. The number of carbonyl (C=O) groups is 1. The van der Waals surface area contributed by atoms with Crippen LogP contribution in [-0.2, 0) is 11.3 Å². The Morgan fingerprint density at radius 1 is 1.18 bits per heavy atom. The van der Waals surface area contributed by atoms with Crippen molar-refractivity contribution in [2.75, 3.05) is 25.8 Å². The predicted octanol–water partition coefficient (Wildman–Crippen LogP) is 3.16. The molecule has 0 aliphatic heterocycles. The molecule has 2 aromatic carbocycles. The lowest BCUT2D eigenvalue weighted by Gasteiger charge is -2.11. The van der Waals surface area contributed by atoms with E-state index in [-0.39, 0.29) is 24.4 Å². The van der Waals surface area contributed by atoms with Crippen molar-refractivity contribution >= 4 is 34.3 Å². The van der Waals surface area contributed by atoms with Crippen molar-refractivity contribution in [3.05, 3.63) is 53.1 Å². The SMILES string of the molecule is COc1cc2ncn(CCC(=O)Nc3cccc(SC)c3)c(=O)c2cc1OC. The van der Waals surface area contributed by atoms with Crippen molar-refractivity contribution in [3.63, 3.8) is 0 Å². The summed E-state index contributed by atoms with van der Waals surface area (Å²) in [7, 11) is 3.04. The van der Waals surface area contributed by atoms with Gasteiger partial charge in [-0.1, -0.05) is 6.07 Å². The summed E-state index contributed by atoms with van der Waals surface area (Å²) >= 11 is 1.60. The van der Waals surface area contributed by atoms with E-state index in [0.29, 0.717) is 22.4 Å². The third kappa shape index (κ3) is 4.28. The van der Waals surface area contributed by atoms with Gasteiger partial charge in [-0.3, -0.25) is 14.2 Å². The van der Waals surface area contributed by atoms with Crippen molar-refractivity contribution in [1.82, 2.24) is 9.55 Å². The Hall–Kier alpha value is -3.00. The molecule has 0 fully saturated rings. The number of nitrogens with zero attached hydrogens (tertiary/aromatic N) is 2. The number of methoxy groups -OCH3 is 2. The summed E-state index contributed by atoms with van der Waals surface area (Å²) in [5, 5.41) is 3.26. The molecule has 0 bridgehead atoms. The van der Waals surface area contributed by atoms with Crippen LogP contribution in [0.25, 0.3) is 10.9 Å². The Bertz CT molecular complexity index is 1060. The molecule has 0 aliphatic rings. The highest BCUT2D eigenvalue weighted by molar-refractivity contribution is 7.98. The number of anilines is 1. The molecule has 0 radical (unpaired) electrons. The highest BCUT2D eigenvalue weighted by Gasteiger charge is 2.12. The maximum atomic E-state index is 12.7. The van der Waals surface area contributed by atoms with E-state index < -0.39 is 0 Å². The van der Waals surface area contributed by atoms with Gasteiger partial charge in [0.05, 0.1) is 31.4 Å². The van der Waals surface area contributed by atoms with E-state index in [4.69, 9.17) is 9.47 Å². The molecule has 7 nitrogen and oxygen atoms in total. The van der Waals surface area contributed by atoms with Gasteiger partial charge >= 0.3 is 0 Å². The topological polar surface area (TPSA) is 82.5 Å². The predicted molar refractivity (Wildman–Crippen MR) is 111 cm³/mol. The first-order valence-electron chi connectivity index (χ1n) is 8.60. The number of hydrogen-bond acceptors (Lipinski definition) is 6. The van der Waals surface area contributed by atoms with Gasteiger partial charge in [0.25, 0.3) is 5.56 Å². The van der Waals surface area contributed by atoms with Gasteiger partial charge < -0.3 is 14.8 Å². The normalized spacial score (nSPS) is 10.7. The summed E-state index contributed by atoms with van der Waals surface area (Å²) in [6.45, 7) is 0.226. The fourth-order valence-electron chi connectivity index (χ4n) is 2.79. The zero-order valence-electron chi connectivity index (χ0n) is 15.9. The van der Waals surface area contributed by atoms with E-state index in [1.54, 1.807) is 23.9 Å². The third-order valence-corrected chi connectivity index (χ3v) is 4.99. The van der Waals surface area contributed by atoms with Gasteiger partial charge in [-0.15, -0.1) is 11.8 Å². The molecule has 0 saturated heterocycles. The minimum Gasteiger partial charge on any atom is -0.493 e. The Labute approximate surface area is 166 Å². The molecule has 0 spiro atoms. The minimum absolute atomic E-state index is 0.157. The number of aryl methyl sites for hydroxylation is 1. The Balaban J connectivity index is 1.76. The molecule has 1 amide bonds. The minimum atomic E-state index is -0.233. The van der Waals surface area contributed by atoms with Gasteiger partial charge in [-0.05, 0) is 30.5 Å². The highest BCUT2D eigenvalue weighted by Crippen LogP contribution is 2.29. The highest BCUT2D eigenvalue weighted by atomic mass is 32.2.